The molecule has 0 bridgehead atoms. The van der Waals surface area contributed by atoms with Gasteiger partial charge in [-0.25, -0.2) is 4.39 Å². The number of rotatable bonds is 2. The number of hydrogen-bond acceptors (Lipinski definition) is 3. The number of ether oxygens (including phenoxy) is 1. The second-order valence-electron chi connectivity index (χ2n) is 5.33. The molecule has 4 heteroatoms. The Labute approximate surface area is 107 Å². The fourth-order valence-electron chi connectivity index (χ4n) is 2.99. The molecule has 18 heavy (non-hydrogen) atoms. The van der Waals surface area contributed by atoms with Gasteiger partial charge in [-0.15, -0.1) is 0 Å². The van der Waals surface area contributed by atoms with Crippen LogP contribution in [0.4, 0.5) is 10.1 Å². The maximum absolute atomic E-state index is 13.1. The van der Waals surface area contributed by atoms with E-state index in [0.717, 1.165) is 31.6 Å². The van der Waals surface area contributed by atoms with Gasteiger partial charge in [-0.2, -0.15) is 0 Å². The molecular weight excluding hydrogens is 231 g/mol. The Morgan fingerprint density at radius 2 is 2.39 bits per heavy atom. The third-order valence-electron chi connectivity index (χ3n) is 3.84. The molecule has 0 aromatic heterocycles. The molecule has 1 aromatic carbocycles. The van der Waals surface area contributed by atoms with Gasteiger partial charge in [-0.3, -0.25) is 0 Å². The summed E-state index contributed by atoms with van der Waals surface area (Å²) >= 11 is 0. The standard InChI is InChI=1S/C14H19FN2O/c15-11-3-1-4-12(7-11)17-13-8-14(18-9-13)5-2-6-16-10-14/h1,3-4,7,13,16-17H,2,5-6,8-10H2/t13-,14+/m1/s1. The Morgan fingerprint density at radius 3 is 3.17 bits per heavy atom. The summed E-state index contributed by atoms with van der Waals surface area (Å²) < 4.78 is 19.1. The van der Waals surface area contributed by atoms with Crippen LogP contribution < -0.4 is 10.6 Å². The highest BCUT2D eigenvalue weighted by Gasteiger charge is 2.41. The van der Waals surface area contributed by atoms with E-state index in [1.165, 1.54) is 18.6 Å². The summed E-state index contributed by atoms with van der Waals surface area (Å²) in [6.07, 6.45) is 3.30. The van der Waals surface area contributed by atoms with E-state index in [2.05, 4.69) is 10.6 Å². The molecule has 3 nitrogen and oxygen atoms in total. The van der Waals surface area contributed by atoms with E-state index in [1.54, 1.807) is 6.07 Å². The van der Waals surface area contributed by atoms with E-state index in [1.807, 2.05) is 6.07 Å². The molecule has 0 amide bonds. The van der Waals surface area contributed by atoms with Crippen LogP contribution in [0.25, 0.3) is 0 Å². The molecule has 2 N–H and O–H groups in total. The van der Waals surface area contributed by atoms with E-state index in [0.29, 0.717) is 6.61 Å². The first kappa shape index (κ1) is 11.9. The van der Waals surface area contributed by atoms with Gasteiger partial charge in [0.05, 0.1) is 18.2 Å². The number of benzene rings is 1. The highest BCUT2D eigenvalue weighted by molar-refractivity contribution is 5.44. The zero-order valence-corrected chi connectivity index (χ0v) is 10.4. The molecule has 1 aromatic rings. The van der Waals surface area contributed by atoms with Gasteiger partial charge >= 0.3 is 0 Å². The normalized spacial score (nSPS) is 31.7. The van der Waals surface area contributed by atoms with E-state index in [-0.39, 0.29) is 17.5 Å². The zero-order valence-electron chi connectivity index (χ0n) is 10.4. The zero-order chi connectivity index (χ0) is 12.4. The van der Waals surface area contributed by atoms with Gasteiger partial charge in [0.25, 0.3) is 0 Å². The first-order valence-electron chi connectivity index (χ1n) is 6.63. The molecule has 0 radical (unpaired) electrons. The lowest BCUT2D eigenvalue weighted by Gasteiger charge is -2.33. The van der Waals surface area contributed by atoms with Crippen LogP contribution in [0, 0.1) is 5.82 Å². The van der Waals surface area contributed by atoms with Crippen molar-refractivity contribution in [3.63, 3.8) is 0 Å². The van der Waals surface area contributed by atoms with Crippen LogP contribution in [0.15, 0.2) is 24.3 Å². The lowest BCUT2D eigenvalue weighted by molar-refractivity contribution is -0.0138. The molecule has 2 heterocycles. The second-order valence-corrected chi connectivity index (χ2v) is 5.33. The summed E-state index contributed by atoms with van der Waals surface area (Å²) in [5.41, 5.74) is 0.841. The largest absolute Gasteiger partial charge is 0.380 e. The molecule has 2 atom stereocenters. The molecule has 3 rings (SSSR count). The van der Waals surface area contributed by atoms with Crippen molar-refractivity contribution >= 4 is 5.69 Å². The Balaban J connectivity index is 1.62. The van der Waals surface area contributed by atoms with Crippen molar-refractivity contribution < 1.29 is 9.13 Å². The Hall–Kier alpha value is -1.13. The predicted octanol–water partition coefficient (Wildman–Crippen LogP) is 2.15. The molecule has 0 aliphatic carbocycles. The lowest BCUT2D eigenvalue weighted by atomic mass is 9.90. The summed E-state index contributed by atoms with van der Waals surface area (Å²) in [6.45, 7) is 2.74. The molecule has 0 saturated carbocycles. The maximum Gasteiger partial charge on any atom is 0.125 e. The van der Waals surface area contributed by atoms with Crippen molar-refractivity contribution in [2.24, 2.45) is 0 Å². The van der Waals surface area contributed by atoms with Gasteiger partial charge in [0.1, 0.15) is 5.82 Å². The number of halogens is 1. The average molecular weight is 250 g/mol. The van der Waals surface area contributed by atoms with E-state index >= 15 is 0 Å². The van der Waals surface area contributed by atoms with Gasteiger partial charge in [0.15, 0.2) is 0 Å². The van der Waals surface area contributed by atoms with Crippen LogP contribution in [0.2, 0.25) is 0 Å². The minimum atomic E-state index is -0.201. The van der Waals surface area contributed by atoms with Gasteiger partial charge in [0, 0.05) is 12.2 Å². The van der Waals surface area contributed by atoms with Crippen LogP contribution in [-0.2, 0) is 4.74 Å². The topological polar surface area (TPSA) is 33.3 Å². The van der Waals surface area contributed by atoms with Crippen molar-refractivity contribution in [2.75, 3.05) is 25.0 Å². The van der Waals surface area contributed by atoms with Crippen molar-refractivity contribution in [3.8, 4) is 0 Å². The Bertz CT molecular complexity index is 418. The van der Waals surface area contributed by atoms with Crippen LogP contribution in [-0.4, -0.2) is 31.3 Å². The summed E-state index contributed by atoms with van der Waals surface area (Å²) in [6, 6.07) is 6.90. The predicted molar refractivity (Wildman–Crippen MR) is 69.2 cm³/mol. The minimum Gasteiger partial charge on any atom is -0.380 e. The smallest absolute Gasteiger partial charge is 0.125 e. The van der Waals surface area contributed by atoms with Gasteiger partial charge in [-0.1, -0.05) is 6.07 Å². The summed E-state index contributed by atoms with van der Waals surface area (Å²) in [5, 5.41) is 6.76. The van der Waals surface area contributed by atoms with Crippen molar-refractivity contribution in [1.82, 2.24) is 5.32 Å². The molecular formula is C14H19FN2O. The average Bonchev–Trinajstić information content (AvgIpc) is 2.73. The quantitative estimate of drug-likeness (QED) is 0.843. The van der Waals surface area contributed by atoms with Crippen LogP contribution >= 0.6 is 0 Å². The fraction of sp³-hybridized carbons (Fsp3) is 0.571. The SMILES string of the molecule is Fc1cccc(N[C@H]2CO[C@@]3(CCCNC3)C2)c1. The summed E-state index contributed by atoms with van der Waals surface area (Å²) in [4.78, 5) is 0. The first-order chi connectivity index (χ1) is 8.76. The number of anilines is 1. The molecule has 2 saturated heterocycles. The third-order valence-corrected chi connectivity index (χ3v) is 3.84. The van der Waals surface area contributed by atoms with Crippen molar-refractivity contribution in [3.05, 3.63) is 30.1 Å². The summed E-state index contributed by atoms with van der Waals surface area (Å²) in [5.74, 6) is -0.201. The van der Waals surface area contributed by atoms with E-state index in [4.69, 9.17) is 4.74 Å². The van der Waals surface area contributed by atoms with Crippen LogP contribution in [0.3, 0.4) is 0 Å². The fourth-order valence-corrected chi connectivity index (χ4v) is 2.99. The molecule has 0 unspecified atom stereocenters. The number of piperidine rings is 1. The highest BCUT2D eigenvalue weighted by atomic mass is 19.1. The van der Waals surface area contributed by atoms with Crippen LogP contribution in [0.5, 0.6) is 0 Å². The summed E-state index contributed by atoms with van der Waals surface area (Å²) in [7, 11) is 0. The molecule has 2 aliphatic heterocycles. The van der Waals surface area contributed by atoms with Gasteiger partial charge in [0.2, 0.25) is 0 Å². The number of hydrogen-bond donors (Lipinski definition) is 2. The van der Waals surface area contributed by atoms with Crippen molar-refractivity contribution in [2.45, 2.75) is 30.9 Å². The van der Waals surface area contributed by atoms with Gasteiger partial charge in [-0.05, 0) is 44.0 Å². The monoisotopic (exact) mass is 250 g/mol. The lowest BCUT2D eigenvalue weighted by Crippen LogP contribution is -2.45. The third kappa shape index (κ3) is 2.49. The van der Waals surface area contributed by atoms with E-state index < -0.39 is 0 Å². The first-order valence-corrected chi connectivity index (χ1v) is 6.63. The minimum absolute atomic E-state index is 0.00322. The maximum atomic E-state index is 13.1. The Kier molecular flexibility index (Phi) is 3.22. The molecule has 2 fully saturated rings. The highest BCUT2D eigenvalue weighted by Crippen LogP contribution is 2.33. The Morgan fingerprint density at radius 1 is 1.44 bits per heavy atom. The van der Waals surface area contributed by atoms with E-state index in [9.17, 15) is 4.39 Å². The van der Waals surface area contributed by atoms with Gasteiger partial charge < -0.3 is 15.4 Å². The number of nitrogens with one attached hydrogen (secondary N) is 2. The van der Waals surface area contributed by atoms with Crippen LogP contribution in [0.1, 0.15) is 19.3 Å². The molecule has 2 aliphatic rings. The molecule has 98 valence electrons. The second kappa shape index (κ2) is 4.86. The molecule has 1 spiro atoms. The van der Waals surface area contributed by atoms with Crippen molar-refractivity contribution in [1.29, 1.82) is 0 Å².